The molecule has 3 aromatic carbocycles. The van der Waals surface area contributed by atoms with Crippen LogP contribution in [0.3, 0.4) is 0 Å². The number of aromatic nitrogens is 1. The van der Waals surface area contributed by atoms with Gasteiger partial charge in [-0.3, -0.25) is 9.78 Å². The van der Waals surface area contributed by atoms with Crippen LogP contribution in [0.15, 0.2) is 95.9 Å². The van der Waals surface area contributed by atoms with Crippen LogP contribution in [0.5, 0.6) is 5.75 Å². The van der Waals surface area contributed by atoms with E-state index in [4.69, 9.17) is 0 Å². The summed E-state index contributed by atoms with van der Waals surface area (Å²) >= 11 is 1.63. The van der Waals surface area contributed by atoms with Gasteiger partial charge in [-0.15, -0.1) is 11.8 Å². The van der Waals surface area contributed by atoms with Gasteiger partial charge in [0.25, 0.3) is 0 Å². The third kappa shape index (κ3) is 5.86. The van der Waals surface area contributed by atoms with Crippen molar-refractivity contribution in [2.24, 2.45) is 0 Å². The lowest BCUT2D eigenvalue weighted by molar-refractivity contribution is -0.130. The Hall–Kier alpha value is -3.57. The largest absolute Gasteiger partial charge is 0.507 e. The van der Waals surface area contributed by atoms with Crippen LogP contribution in [0.4, 0.5) is 0 Å². The van der Waals surface area contributed by atoms with Gasteiger partial charge in [0.15, 0.2) is 0 Å². The van der Waals surface area contributed by atoms with Crippen molar-refractivity contribution in [3.63, 3.8) is 0 Å². The molecular formula is C29H28N2O2S. The van der Waals surface area contributed by atoms with E-state index < -0.39 is 0 Å². The number of hydrogen-bond donors (Lipinski definition) is 1. The Kier molecular flexibility index (Phi) is 7.65. The maximum atomic E-state index is 12.7. The number of phenolic OH excluding ortho intramolecular Hbond substituents is 1. The van der Waals surface area contributed by atoms with E-state index in [1.807, 2.05) is 105 Å². The van der Waals surface area contributed by atoms with Crippen LogP contribution in [-0.2, 0) is 11.3 Å². The number of benzene rings is 3. The highest BCUT2D eigenvalue weighted by Gasteiger charge is 2.15. The molecular weight excluding hydrogens is 440 g/mol. The number of amides is 1. The van der Waals surface area contributed by atoms with Crippen LogP contribution >= 0.6 is 11.8 Å². The molecule has 5 heteroatoms. The number of pyridine rings is 1. The van der Waals surface area contributed by atoms with E-state index in [1.165, 1.54) is 0 Å². The Morgan fingerprint density at radius 1 is 0.882 bits per heavy atom. The average Bonchev–Trinajstić information content (AvgIpc) is 2.86. The molecule has 4 nitrogen and oxygen atoms in total. The van der Waals surface area contributed by atoms with E-state index in [9.17, 15) is 9.90 Å². The quantitative estimate of drug-likeness (QED) is 0.297. The van der Waals surface area contributed by atoms with Gasteiger partial charge in [-0.2, -0.15) is 0 Å². The number of phenols is 1. The van der Waals surface area contributed by atoms with E-state index in [1.54, 1.807) is 16.7 Å². The summed E-state index contributed by atoms with van der Waals surface area (Å²) in [4.78, 5) is 19.9. The number of hydrogen-bond acceptors (Lipinski definition) is 4. The second kappa shape index (κ2) is 11.0. The summed E-state index contributed by atoms with van der Waals surface area (Å²) in [6.45, 7) is 2.45. The summed E-state index contributed by atoms with van der Waals surface area (Å²) in [6.07, 6.45) is 0.426. The second-order valence-corrected chi connectivity index (χ2v) is 9.39. The number of rotatable bonds is 8. The first-order valence-electron chi connectivity index (χ1n) is 11.3. The van der Waals surface area contributed by atoms with E-state index >= 15 is 0 Å². The van der Waals surface area contributed by atoms with Crippen molar-refractivity contribution < 1.29 is 9.90 Å². The molecule has 1 aromatic heterocycles. The topological polar surface area (TPSA) is 53.4 Å². The molecule has 1 heterocycles. The van der Waals surface area contributed by atoms with Crippen molar-refractivity contribution in [3.8, 4) is 28.0 Å². The smallest absolute Gasteiger partial charge is 0.223 e. The lowest BCUT2D eigenvalue weighted by atomic mass is 9.97. The van der Waals surface area contributed by atoms with Gasteiger partial charge in [-0.1, -0.05) is 66.7 Å². The summed E-state index contributed by atoms with van der Waals surface area (Å²) in [6, 6.07) is 29.6. The molecule has 0 fully saturated rings. The zero-order chi connectivity index (χ0) is 23.9. The first kappa shape index (κ1) is 23.6. The summed E-state index contributed by atoms with van der Waals surface area (Å²) in [5.74, 6) is 1.00. The molecule has 0 bridgehead atoms. The maximum Gasteiger partial charge on any atom is 0.223 e. The highest BCUT2D eigenvalue weighted by molar-refractivity contribution is 7.99. The zero-order valence-electron chi connectivity index (χ0n) is 19.4. The summed E-state index contributed by atoms with van der Waals surface area (Å²) in [7, 11) is 1.82. The third-order valence-electron chi connectivity index (χ3n) is 5.61. The molecule has 0 atom stereocenters. The van der Waals surface area contributed by atoms with Gasteiger partial charge in [-0.05, 0) is 42.3 Å². The summed E-state index contributed by atoms with van der Waals surface area (Å²) < 4.78 is 0. The molecule has 1 amide bonds. The number of carbonyl (C=O) groups is 1. The van der Waals surface area contributed by atoms with E-state index in [0.717, 1.165) is 38.5 Å². The second-order valence-electron chi connectivity index (χ2n) is 8.22. The Morgan fingerprint density at radius 2 is 1.47 bits per heavy atom. The molecule has 0 saturated heterocycles. The fraction of sp³-hybridized carbons (Fsp3) is 0.172. The van der Waals surface area contributed by atoms with E-state index in [2.05, 4.69) is 4.98 Å². The monoisotopic (exact) mass is 468 g/mol. The highest BCUT2D eigenvalue weighted by Crippen LogP contribution is 2.41. The molecule has 0 unspecified atom stereocenters. The van der Waals surface area contributed by atoms with Crippen molar-refractivity contribution in [2.75, 3.05) is 12.8 Å². The Bertz CT molecular complexity index is 1200. The number of aromatic hydroxyl groups is 1. The van der Waals surface area contributed by atoms with Crippen LogP contribution in [-0.4, -0.2) is 33.7 Å². The molecule has 172 valence electrons. The molecule has 0 aliphatic rings. The predicted octanol–water partition coefficient (Wildman–Crippen LogP) is 6.57. The van der Waals surface area contributed by atoms with Crippen molar-refractivity contribution >= 4 is 17.7 Å². The SMILES string of the molecule is Cc1cccc(CN(C)C(=O)CCSc2cc(-c3ccccc3)c(O)c(-c3ccccc3)c2)n1. The van der Waals surface area contributed by atoms with Gasteiger partial charge in [0, 0.05) is 40.9 Å². The fourth-order valence-corrected chi connectivity index (χ4v) is 4.75. The van der Waals surface area contributed by atoms with Gasteiger partial charge >= 0.3 is 0 Å². The van der Waals surface area contributed by atoms with Gasteiger partial charge in [0.05, 0.1) is 12.2 Å². The van der Waals surface area contributed by atoms with Gasteiger partial charge in [-0.25, -0.2) is 0 Å². The van der Waals surface area contributed by atoms with Crippen LogP contribution in [0.1, 0.15) is 17.8 Å². The Balaban J connectivity index is 1.49. The van der Waals surface area contributed by atoms with E-state index in [0.29, 0.717) is 18.7 Å². The number of aryl methyl sites for hydroxylation is 1. The number of nitrogens with zero attached hydrogens (tertiary/aromatic N) is 2. The molecule has 4 rings (SSSR count). The lowest BCUT2D eigenvalue weighted by Gasteiger charge is -2.17. The van der Waals surface area contributed by atoms with Crippen LogP contribution in [0.25, 0.3) is 22.3 Å². The number of thioether (sulfide) groups is 1. The van der Waals surface area contributed by atoms with Gasteiger partial charge < -0.3 is 10.0 Å². The molecule has 0 saturated carbocycles. The van der Waals surface area contributed by atoms with Crippen LogP contribution in [0.2, 0.25) is 0 Å². The van der Waals surface area contributed by atoms with Gasteiger partial charge in [0.2, 0.25) is 5.91 Å². The normalized spacial score (nSPS) is 10.8. The minimum atomic E-state index is 0.0844. The highest BCUT2D eigenvalue weighted by atomic mass is 32.2. The van der Waals surface area contributed by atoms with Crippen LogP contribution < -0.4 is 0 Å². The standard InChI is InChI=1S/C29H28N2O2S/c1-21-10-9-15-24(30-21)20-31(2)28(32)16-17-34-25-18-26(22-11-5-3-6-12-22)29(33)27(19-25)23-13-7-4-8-14-23/h3-15,18-19,33H,16-17,20H2,1-2H3. The zero-order valence-corrected chi connectivity index (χ0v) is 20.3. The summed E-state index contributed by atoms with van der Waals surface area (Å²) in [5, 5.41) is 11.1. The average molecular weight is 469 g/mol. The minimum absolute atomic E-state index is 0.0844. The first-order valence-corrected chi connectivity index (χ1v) is 12.3. The molecule has 0 aliphatic carbocycles. The fourth-order valence-electron chi connectivity index (χ4n) is 3.83. The third-order valence-corrected chi connectivity index (χ3v) is 6.59. The maximum absolute atomic E-state index is 12.7. The van der Waals surface area contributed by atoms with Gasteiger partial charge in [0.1, 0.15) is 5.75 Å². The van der Waals surface area contributed by atoms with E-state index in [-0.39, 0.29) is 11.7 Å². The molecule has 0 aliphatic heterocycles. The molecule has 4 aromatic rings. The molecule has 34 heavy (non-hydrogen) atoms. The van der Waals surface area contributed by atoms with Crippen molar-refractivity contribution in [3.05, 3.63) is 102 Å². The molecule has 1 N–H and O–H groups in total. The predicted molar refractivity (Wildman–Crippen MR) is 140 cm³/mol. The molecule has 0 spiro atoms. The summed E-state index contributed by atoms with van der Waals surface area (Å²) in [5.41, 5.74) is 5.34. The first-order chi connectivity index (χ1) is 16.5. The minimum Gasteiger partial charge on any atom is -0.507 e. The molecule has 0 radical (unpaired) electrons. The Morgan fingerprint density at radius 3 is 2.03 bits per heavy atom. The van der Waals surface area contributed by atoms with Crippen molar-refractivity contribution in [1.82, 2.24) is 9.88 Å². The van der Waals surface area contributed by atoms with Crippen molar-refractivity contribution in [2.45, 2.75) is 24.8 Å². The lowest BCUT2D eigenvalue weighted by Crippen LogP contribution is -2.26. The number of carbonyl (C=O) groups excluding carboxylic acids is 1. The Labute approximate surface area is 205 Å². The van der Waals surface area contributed by atoms with Crippen molar-refractivity contribution in [1.29, 1.82) is 0 Å². The van der Waals surface area contributed by atoms with Crippen LogP contribution in [0, 0.1) is 6.92 Å².